The van der Waals surface area contributed by atoms with Crippen LogP contribution >= 0.6 is 15.9 Å². The molecule has 1 atom stereocenters. The van der Waals surface area contributed by atoms with Crippen molar-refractivity contribution in [2.45, 2.75) is 5.60 Å². The van der Waals surface area contributed by atoms with Gasteiger partial charge in [0.2, 0.25) is 0 Å². The Morgan fingerprint density at radius 2 is 1.69 bits per heavy atom. The number of esters is 1. The van der Waals surface area contributed by atoms with Crippen molar-refractivity contribution < 1.29 is 24.5 Å². The molecule has 0 radical (unpaired) electrons. The average molecular weight is 411 g/mol. The zero-order chi connectivity index (χ0) is 18.1. The third kappa shape index (κ3) is 1.77. The van der Waals surface area contributed by atoms with Crippen molar-refractivity contribution in [1.29, 1.82) is 0 Å². The van der Waals surface area contributed by atoms with Crippen molar-refractivity contribution in [3.05, 3.63) is 81.3 Å². The second-order valence-electron chi connectivity index (χ2n) is 6.17. The summed E-state index contributed by atoms with van der Waals surface area (Å²) in [6.07, 6.45) is 0. The average Bonchev–Trinajstić information content (AvgIpc) is 2.92. The lowest BCUT2D eigenvalue weighted by atomic mass is 9.77. The maximum atomic E-state index is 12.6. The van der Waals surface area contributed by atoms with Crippen LogP contribution in [-0.4, -0.2) is 16.2 Å². The van der Waals surface area contributed by atoms with Crippen LogP contribution in [0, 0.1) is 0 Å². The van der Waals surface area contributed by atoms with Crippen molar-refractivity contribution in [3.8, 4) is 23.0 Å². The molecule has 2 N–H and O–H groups in total. The lowest BCUT2D eigenvalue weighted by molar-refractivity contribution is 0.0223. The van der Waals surface area contributed by atoms with Crippen LogP contribution < -0.4 is 4.74 Å². The monoisotopic (exact) mass is 410 g/mol. The van der Waals surface area contributed by atoms with Crippen LogP contribution in [-0.2, 0) is 10.3 Å². The topological polar surface area (TPSA) is 76.0 Å². The highest BCUT2D eigenvalue weighted by Gasteiger charge is 2.54. The molecule has 128 valence electrons. The van der Waals surface area contributed by atoms with Crippen molar-refractivity contribution >= 4 is 21.9 Å². The largest absolute Gasteiger partial charge is 0.508 e. The van der Waals surface area contributed by atoms with E-state index in [2.05, 4.69) is 15.9 Å². The lowest BCUT2D eigenvalue weighted by Gasteiger charge is -2.36. The Hall–Kier alpha value is -2.99. The smallest absolute Gasteiger partial charge is 0.340 e. The fourth-order valence-corrected chi connectivity index (χ4v) is 4.11. The van der Waals surface area contributed by atoms with Gasteiger partial charge in [-0.3, -0.25) is 0 Å². The number of phenols is 2. The summed E-state index contributed by atoms with van der Waals surface area (Å²) in [5, 5.41) is 20.0. The van der Waals surface area contributed by atoms with Gasteiger partial charge in [0, 0.05) is 22.8 Å². The van der Waals surface area contributed by atoms with Gasteiger partial charge in [-0.2, -0.15) is 0 Å². The summed E-state index contributed by atoms with van der Waals surface area (Å²) in [5.74, 6) is 0.286. The summed E-state index contributed by atoms with van der Waals surface area (Å²) in [6.45, 7) is 0. The molecule has 0 saturated carbocycles. The standard InChI is InChI=1S/C20H11BrO5/c21-17-15(23)8-7-14-18(17)25-16-9-10(22)5-6-13(16)20(14)12-4-2-1-3-11(12)19(24)26-20/h1-9,22-23H. The van der Waals surface area contributed by atoms with Crippen molar-refractivity contribution in [2.75, 3.05) is 0 Å². The number of hydrogen-bond donors (Lipinski definition) is 2. The molecule has 1 spiro atoms. The molecule has 3 aromatic rings. The van der Waals surface area contributed by atoms with Crippen LogP contribution in [0.2, 0.25) is 0 Å². The second-order valence-corrected chi connectivity index (χ2v) is 6.97. The first-order chi connectivity index (χ1) is 12.5. The van der Waals surface area contributed by atoms with E-state index in [9.17, 15) is 15.0 Å². The Labute approximate surface area is 156 Å². The number of benzene rings is 3. The fraction of sp³-hybridized carbons (Fsp3) is 0.0500. The molecular weight excluding hydrogens is 400 g/mol. The van der Waals surface area contributed by atoms with Gasteiger partial charge in [-0.1, -0.05) is 18.2 Å². The highest BCUT2D eigenvalue weighted by Crippen LogP contribution is 2.58. The number of fused-ring (bicyclic) bond motifs is 6. The predicted octanol–water partition coefficient (Wildman–Crippen LogP) is 4.43. The Kier molecular flexibility index (Phi) is 2.95. The van der Waals surface area contributed by atoms with E-state index in [4.69, 9.17) is 9.47 Å². The van der Waals surface area contributed by atoms with Crippen LogP contribution in [0.4, 0.5) is 0 Å². The molecule has 0 aliphatic carbocycles. The Balaban J connectivity index is 1.93. The molecule has 5 nitrogen and oxygen atoms in total. The molecule has 2 aliphatic rings. The van der Waals surface area contributed by atoms with Gasteiger partial charge in [-0.25, -0.2) is 4.79 Å². The maximum Gasteiger partial charge on any atom is 0.340 e. The molecule has 3 aromatic carbocycles. The molecule has 2 heterocycles. The van der Waals surface area contributed by atoms with Crippen LogP contribution in [0.25, 0.3) is 0 Å². The lowest BCUT2D eigenvalue weighted by Crippen LogP contribution is -2.33. The van der Waals surface area contributed by atoms with Gasteiger partial charge in [0.05, 0.1) is 5.56 Å². The molecule has 0 saturated heterocycles. The van der Waals surface area contributed by atoms with Gasteiger partial charge in [0.1, 0.15) is 21.7 Å². The first kappa shape index (κ1) is 15.3. The van der Waals surface area contributed by atoms with Gasteiger partial charge >= 0.3 is 5.97 Å². The number of hydrogen-bond acceptors (Lipinski definition) is 5. The third-order valence-corrected chi connectivity index (χ3v) is 5.55. The molecule has 5 rings (SSSR count). The Morgan fingerprint density at radius 1 is 0.923 bits per heavy atom. The van der Waals surface area contributed by atoms with Crippen molar-refractivity contribution in [1.82, 2.24) is 0 Å². The number of ether oxygens (including phenoxy) is 2. The van der Waals surface area contributed by atoms with Gasteiger partial charge in [-0.05, 0) is 46.3 Å². The minimum Gasteiger partial charge on any atom is -0.508 e. The SMILES string of the molecule is O=C1OC2(c3ccc(O)cc3Oc3c2ccc(O)c3Br)c2ccccc21. The Morgan fingerprint density at radius 3 is 2.54 bits per heavy atom. The van der Waals surface area contributed by atoms with Gasteiger partial charge < -0.3 is 19.7 Å². The van der Waals surface area contributed by atoms with E-state index >= 15 is 0 Å². The molecular formula is C20H11BrO5. The number of aromatic hydroxyl groups is 2. The van der Waals surface area contributed by atoms with E-state index in [0.717, 1.165) is 0 Å². The van der Waals surface area contributed by atoms with E-state index < -0.39 is 11.6 Å². The van der Waals surface area contributed by atoms with Crippen molar-refractivity contribution in [2.24, 2.45) is 0 Å². The molecule has 0 bridgehead atoms. The quantitative estimate of drug-likeness (QED) is 0.536. The number of phenolic OH excluding ortho intramolecular Hbond substituents is 2. The molecule has 1 unspecified atom stereocenters. The second kappa shape index (κ2) is 5.02. The molecule has 6 heteroatoms. The number of halogens is 1. The molecule has 26 heavy (non-hydrogen) atoms. The predicted molar refractivity (Wildman–Crippen MR) is 95.7 cm³/mol. The van der Waals surface area contributed by atoms with Crippen LogP contribution in [0.3, 0.4) is 0 Å². The van der Waals surface area contributed by atoms with Crippen molar-refractivity contribution in [3.63, 3.8) is 0 Å². The molecule has 0 fully saturated rings. The van der Waals surface area contributed by atoms with E-state index in [1.807, 2.05) is 12.1 Å². The summed E-state index contributed by atoms with van der Waals surface area (Å²) in [6, 6.07) is 15.1. The minimum atomic E-state index is -1.21. The van der Waals surface area contributed by atoms with Crippen LogP contribution in [0.1, 0.15) is 27.0 Å². The van der Waals surface area contributed by atoms with E-state index in [-0.39, 0.29) is 11.5 Å². The summed E-state index contributed by atoms with van der Waals surface area (Å²) >= 11 is 3.34. The zero-order valence-corrected chi connectivity index (χ0v) is 14.8. The van der Waals surface area contributed by atoms with E-state index in [1.54, 1.807) is 24.3 Å². The van der Waals surface area contributed by atoms with Crippen LogP contribution in [0.15, 0.2) is 59.1 Å². The van der Waals surface area contributed by atoms with Crippen LogP contribution in [0.5, 0.6) is 23.0 Å². The summed E-state index contributed by atoms with van der Waals surface area (Å²) in [5.41, 5.74) is 1.17. The first-order valence-corrected chi connectivity index (χ1v) is 8.68. The fourth-order valence-electron chi connectivity index (χ4n) is 3.68. The summed E-state index contributed by atoms with van der Waals surface area (Å²) in [7, 11) is 0. The van der Waals surface area contributed by atoms with E-state index in [1.165, 1.54) is 18.2 Å². The zero-order valence-electron chi connectivity index (χ0n) is 13.2. The van der Waals surface area contributed by atoms with Gasteiger partial charge in [0.25, 0.3) is 0 Å². The highest BCUT2D eigenvalue weighted by atomic mass is 79.9. The molecule has 0 amide bonds. The summed E-state index contributed by atoms with van der Waals surface area (Å²) in [4.78, 5) is 12.6. The minimum absolute atomic E-state index is 0.000103. The normalized spacial score (nSPS) is 19.3. The summed E-state index contributed by atoms with van der Waals surface area (Å²) < 4.78 is 12.2. The molecule has 2 aliphatic heterocycles. The number of rotatable bonds is 0. The van der Waals surface area contributed by atoms with E-state index in [0.29, 0.717) is 38.2 Å². The molecule has 0 aromatic heterocycles. The Bertz CT molecular complexity index is 1110. The first-order valence-electron chi connectivity index (χ1n) is 7.88. The number of carbonyl (C=O) groups excluding carboxylic acids is 1. The van der Waals surface area contributed by atoms with Gasteiger partial charge in [-0.15, -0.1) is 0 Å². The van der Waals surface area contributed by atoms with Gasteiger partial charge in [0.15, 0.2) is 11.4 Å². The number of carbonyl (C=O) groups is 1. The maximum absolute atomic E-state index is 12.6. The third-order valence-electron chi connectivity index (χ3n) is 4.78. The highest BCUT2D eigenvalue weighted by molar-refractivity contribution is 9.10.